The van der Waals surface area contributed by atoms with Crippen LogP contribution in [0.2, 0.25) is 5.02 Å². The average molecular weight is 281 g/mol. The molecule has 2 rings (SSSR count). The number of benzene rings is 1. The highest BCUT2D eigenvalue weighted by molar-refractivity contribution is 6.31. The van der Waals surface area contributed by atoms with Gasteiger partial charge in [0.1, 0.15) is 0 Å². The van der Waals surface area contributed by atoms with Crippen molar-refractivity contribution in [2.75, 3.05) is 26.2 Å². The van der Waals surface area contributed by atoms with Gasteiger partial charge >= 0.3 is 0 Å². The molecule has 0 radical (unpaired) electrons. The summed E-state index contributed by atoms with van der Waals surface area (Å²) in [4.78, 5) is 16.1. The lowest BCUT2D eigenvalue weighted by Gasteiger charge is -2.35. The lowest BCUT2D eigenvalue weighted by molar-refractivity contribution is -0.133. The Hall–Kier alpha value is -1.06. The van der Waals surface area contributed by atoms with Crippen LogP contribution in [0.5, 0.6) is 0 Å². The molecule has 1 aliphatic rings. The summed E-state index contributed by atoms with van der Waals surface area (Å²) in [5.74, 6) is 0.292. The van der Waals surface area contributed by atoms with Gasteiger partial charge in [-0.3, -0.25) is 9.69 Å². The molecule has 1 aliphatic heterocycles. The summed E-state index contributed by atoms with van der Waals surface area (Å²) in [6.45, 7) is 6.45. The van der Waals surface area contributed by atoms with Gasteiger partial charge in [-0.2, -0.15) is 0 Å². The Morgan fingerprint density at radius 3 is 2.53 bits per heavy atom. The molecule has 0 unspecified atom stereocenters. The zero-order valence-corrected chi connectivity index (χ0v) is 12.2. The monoisotopic (exact) mass is 280 g/mol. The molecular formula is C15H21ClN2O. The van der Waals surface area contributed by atoms with E-state index in [2.05, 4.69) is 11.0 Å². The van der Waals surface area contributed by atoms with Gasteiger partial charge < -0.3 is 4.90 Å². The second kappa shape index (κ2) is 6.92. The molecule has 0 N–H and O–H groups in total. The van der Waals surface area contributed by atoms with Crippen molar-refractivity contribution in [1.29, 1.82) is 0 Å². The molecule has 1 aromatic rings. The Balaban J connectivity index is 1.84. The fourth-order valence-corrected chi connectivity index (χ4v) is 2.59. The third kappa shape index (κ3) is 3.95. The summed E-state index contributed by atoms with van der Waals surface area (Å²) < 4.78 is 0. The van der Waals surface area contributed by atoms with E-state index in [1.54, 1.807) is 0 Å². The van der Waals surface area contributed by atoms with E-state index in [1.807, 2.05) is 30.0 Å². The summed E-state index contributed by atoms with van der Waals surface area (Å²) in [7, 11) is 0. The van der Waals surface area contributed by atoms with E-state index in [1.165, 1.54) is 0 Å². The smallest absolute Gasteiger partial charge is 0.222 e. The van der Waals surface area contributed by atoms with Crippen LogP contribution in [-0.2, 0) is 11.3 Å². The molecule has 1 saturated heterocycles. The molecule has 104 valence electrons. The Morgan fingerprint density at radius 2 is 1.89 bits per heavy atom. The molecule has 4 heteroatoms. The molecule has 1 aromatic carbocycles. The van der Waals surface area contributed by atoms with Crippen LogP contribution in [-0.4, -0.2) is 41.9 Å². The number of nitrogens with zero attached hydrogens (tertiary/aromatic N) is 2. The van der Waals surface area contributed by atoms with E-state index in [4.69, 9.17) is 11.6 Å². The molecular weight excluding hydrogens is 260 g/mol. The summed E-state index contributed by atoms with van der Waals surface area (Å²) in [5.41, 5.74) is 1.16. The molecule has 0 spiro atoms. The first-order valence-electron chi connectivity index (χ1n) is 6.94. The summed E-state index contributed by atoms with van der Waals surface area (Å²) in [6, 6.07) is 7.96. The van der Waals surface area contributed by atoms with Crippen molar-refractivity contribution in [3.63, 3.8) is 0 Å². The Bertz CT molecular complexity index is 428. The van der Waals surface area contributed by atoms with E-state index in [0.717, 1.165) is 49.7 Å². The quantitative estimate of drug-likeness (QED) is 0.847. The van der Waals surface area contributed by atoms with Crippen LogP contribution in [0.1, 0.15) is 25.3 Å². The average Bonchev–Trinajstić information content (AvgIpc) is 2.42. The van der Waals surface area contributed by atoms with Gasteiger partial charge in [0, 0.05) is 44.2 Å². The van der Waals surface area contributed by atoms with Crippen molar-refractivity contribution in [3.05, 3.63) is 34.9 Å². The Morgan fingerprint density at radius 1 is 1.21 bits per heavy atom. The van der Waals surface area contributed by atoms with Gasteiger partial charge in [0.2, 0.25) is 5.91 Å². The molecule has 1 amide bonds. The molecule has 0 saturated carbocycles. The third-order valence-corrected chi connectivity index (χ3v) is 3.91. The highest BCUT2D eigenvalue weighted by atomic mass is 35.5. The van der Waals surface area contributed by atoms with Gasteiger partial charge in [0.05, 0.1) is 0 Å². The van der Waals surface area contributed by atoms with Gasteiger partial charge in [-0.05, 0) is 18.1 Å². The maximum Gasteiger partial charge on any atom is 0.222 e. The van der Waals surface area contributed by atoms with Crippen LogP contribution in [0.25, 0.3) is 0 Å². The first-order valence-corrected chi connectivity index (χ1v) is 7.32. The summed E-state index contributed by atoms with van der Waals surface area (Å²) in [5, 5.41) is 0.826. The lowest BCUT2D eigenvalue weighted by Crippen LogP contribution is -2.48. The van der Waals surface area contributed by atoms with Crippen molar-refractivity contribution in [2.24, 2.45) is 0 Å². The number of hydrogen-bond donors (Lipinski definition) is 0. The standard InChI is InChI=1S/C15H21ClN2O/c1-2-5-15(19)18-10-8-17(9-11-18)12-13-6-3-4-7-14(13)16/h3-4,6-7H,2,5,8-12H2,1H3. The highest BCUT2D eigenvalue weighted by Gasteiger charge is 2.20. The van der Waals surface area contributed by atoms with Gasteiger partial charge in [-0.15, -0.1) is 0 Å². The van der Waals surface area contributed by atoms with Gasteiger partial charge in [-0.25, -0.2) is 0 Å². The number of hydrogen-bond acceptors (Lipinski definition) is 2. The van der Waals surface area contributed by atoms with Crippen LogP contribution in [0.15, 0.2) is 24.3 Å². The Kier molecular flexibility index (Phi) is 5.23. The van der Waals surface area contributed by atoms with E-state index < -0.39 is 0 Å². The lowest BCUT2D eigenvalue weighted by atomic mass is 10.2. The zero-order valence-electron chi connectivity index (χ0n) is 11.4. The van der Waals surface area contributed by atoms with Crippen LogP contribution in [0.4, 0.5) is 0 Å². The molecule has 1 heterocycles. The van der Waals surface area contributed by atoms with Gasteiger partial charge in [0.15, 0.2) is 0 Å². The van der Waals surface area contributed by atoms with Crippen molar-refractivity contribution in [2.45, 2.75) is 26.3 Å². The van der Waals surface area contributed by atoms with Crippen LogP contribution in [0.3, 0.4) is 0 Å². The highest BCUT2D eigenvalue weighted by Crippen LogP contribution is 2.18. The van der Waals surface area contributed by atoms with Gasteiger partial charge in [0.25, 0.3) is 0 Å². The maximum atomic E-state index is 11.8. The number of rotatable bonds is 4. The van der Waals surface area contributed by atoms with Crippen LogP contribution < -0.4 is 0 Å². The van der Waals surface area contributed by atoms with E-state index in [-0.39, 0.29) is 0 Å². The number of halogens is 1. The molecule has 0 aliphatic carbocycles. The van der Waals surface area contributed by atoms with E-state index >= 15 is 0 Å². The van der Waals surface area contributed by atoms with Crippen molar-refractivity contribution in [1.82, 2.24) is 9.80 Å². The molecule has 19 heavy (non-hydrogen) atoms. The summed E-state index contributed by atoms with van der Waals surface area (Å²) in [6.07, 6.45) is 1.60. The second-order valence-electron chi connectivity index (χ2n) is 5.00. The minimum absolute atomic E-state index is 0.292. The number of amides is 1. The SMILES string of the molecule is CCCC(=O)N1CCN(Cc2ccccc2Cl)CC1. The Labute approximate surface area is 120 Å². The number of carbonyl (C=O) groups is 1. The van der Waals surface area contributed by atoms with E-state index in [9.17, 15) is 4.79 Å². The van der Waals surface area contributed by atoms with Crippen molar-refractivity contribution >= 4 is 17.5 Å². The normalized spacial score (nSPS) is 16.6. The van der Waals surface area contributed by atoms with Crippen molar-refractivity contribution in [3.8, 4) is 0 Å². The largest absolute Gasteiger partial charge is 0.340 e. The third-order valence-electron chi connectivity index (χ3n) is 3.54. The molecule has 1 fully saturated rings. The fraction of sp³-hybridized carbons (Fsp3) is 0.533. The first-order chi connectivity index (χ1) is 9.20. The second-order valence-corrected chi connectivity index (χ2v) is 5.41. The minimum atomic E-state index is 0.292. The predicted octanol–water partition coefficient (Wildman–Crippen LogP) is 2.78. The number of carbonyl (C=O) groups excluding carboxylic acids is 1. The fourth-order valence-electron chi connectivity index (χ4n) is 2.39. The van der Waals surface area contributed by atoms with Crippen molar-refractivity contribution < 1.29 is 4.79 Å². The topological polar surface area (TPSA) is 23.6 Å². The maximum absolute atomic E-state index is 11.8. The molecule has 0 atom stereocenters. The van der Waals surface area contributed by atoms with Crippen LogP contribution >= 0.6 is 11.6 Å². The minimum Gasteiger partial charge on any atom is -0.340 e. The van der Waals surface area contributed by atoms with Crippen LogP contribution in [0, 0.1) is 0 Å². The molecule has 3 nitrogen and oxygen atoms in total. The van der Waals surface area contributed by atoms with E-state index in [0.29, 0.717) is 12.3 Å². The zero-order chi connectivity index (χ0) is 13.7. The number of piperazine rings is 1. The molecule has 0 aromatic heterocycles. The van der Waals surface area contributed by atoms with Gasteiger partial charge in [-0.1, -0.05) is 36.7 Å². The summed E-state index contributed by atoms with van der Waals surface area (Å²) >= 11 is 6.17. The predicted molar refractivity (Wildman–Crippen MR) is 78.2 cm³/mol. The first kappa shape index (κ1) is 14.4. The molecule has 0 bridgehead atoms.